The van der Waals surface area contributed by atoms with Gasteiger partial charge in [0.2, 0.25) is 0 Å². The van der Waals surface area contributed by atoms with Crippen LogP contribution in [0.15, 0.2) is 55.0 Å². The number of benzene rings is 1. The van der Waals surface area contributed by atoms with E-state index in [1.165, 1.54) is 23.2 Å². The zero-order valence-electron chi connectivity index (χ0n) is 20.8. The minimum atomic E-state index is -4.56. The maximum absolute atomic E-state index is 12.9. The Morgan fingerprint density at radius 3 is 2.46 bits per heavy atom. The third kappa shape index (κ3) is 6.32. The van der Waals surface area contributed by atoms with Gasteiger partial charge < -0.3 is 16.0 Å². The number of nitrogen functional groups attached to an aromatic ring is 1. The third-order valence-corrected chi connectivity index (χ3v) is 5.36. The van der Waals surface area contributed by atoms with Crippen molar-refractivity contribution < 1.29 is 22.8 Å². The van der Waals surface area contributed by atoms with Gasteiger partial charge in [0, 0.05) is 36.8 Å². The highest BCUT2D eigenvalue weighted by Gasteiger charge is 2.31. The van der Waals surface area contributed by atoms with Crippen molar-refractivity contribution in [1.82, 2.24) is 24.3 Å². The van der Waals surface area contributed by atoms with Gasteiger partial charge in [-0.2, -0.15) is 13.2 Å². The largest absolute Gasteiger partial charge is 0.416 e. The molecule has 3 heterocycles. The van der Waals surface area contributed by atoms with Crippen LogP contribution in [-0.2, 0) is 17.5 Å². The molecule has 9 nitrogen and oxygen atoms in total. The molecule has 0 saturated carbocycles. The number of aromatic nitrogens is 4. The maximum atomic E-state index is 12.9. The highest BCUT2D eigenvalue weighted by atomic mass is 19.4. The fraction of sp³-hybridized carbons (Fsp3) is 0.148. The van der Waals surface area contributed by atoms with E-state index < -0.39 is 17.6 Å². The molecule has 4 aromatic rings. The third-order valence-electron chi connectivity index (χ3n) is 5.36. The summed E-state index contributed by atoms with van der Waals surface area (Å²) in [5.74, 6) is 4.55. The van der Waals surface area contributed by atoms with Crippen molar-refractivity contribution in [3.63, 3.8) is 0 Å². The van der Waals surface area contributed by atoms with E-state index in [1.807, 2.05) is 0 Å². The molecule has 0 radical (unpaired) electrons. The molecule has 39 heavy (non-hydrogen) atoms. The van der Waals surface area contributed by atoms with Crippen LogP contribution in [-0.4, -0.2) is 43.1 Å². The average Bonchev–Trinajstić information content (AvgIpc) is 3.29. The SMILES string of the molecule is C#C.CC#CC(=O)N(C)Cc1nc(-c2ccc(C(=O)Nc3cc(C(F)(F)F)ccn3)cc2)c2c(N)nccn12. The Kier molecular flexibility index (Phi) is 8.53. The van der Waals surface area contributed by atoms with Crippen LogP contribution < -0.4 is 11.1 Å². The summed E-state index contributed by atoms with van der Waals surface area (Å²) in [5, 5.41) is 2.37. The summed E-state index contributed by atoms with van der Waals surface area (Å²) >= 11 is 0. The summed E-state index contributed by atoms with van der Waals surface area (Å²) in [6.45, 7) is 1.73. The number of pyridine rings is 1. The Labute approximate surface area is 221 Å². The first kappa shape index (κ1) is 28.2. The second-order valence-electron chi connectivity index (χ2n) is 7.90. The van der Waals surface area contributed by atoms with Crippen molar-refractivity contribution in [2.75, 3.05) is 18.1 Å². The molecule has 12 heteroatoms. The van der Waals surface area contributed by atoms with Crippen LogP contribution in [0.5, 0.6) is 0 Å². The van der Waals surface area contributed by atoms with E-state index in [4.69, 9.17) is 5.73 Å². The smallest absolute Gasteiger partial charge is 0.382 e. The molecule has 1 aromatic carbocycles. The number of amides is 2. The number of hydrogen-bond donors (Lipinski definition) is 2. The van der Waals surface area contributed by atoms with E-state index in [9.17, 15) is 22.8 Å². The fourth-order valence-electron chi connectivity index (χ4n) is 3.57. The molecule has 0 saturated heterocycles. The van der Waals surface area contributed by atoms with Gasteiger partial charge >= 0.3 is 6.18 Å². The van der Waals surface area contributed by atoms with Crippen molar-refractivity contribution in [2.45, 2.75) is 19.6 Å². The highest BCUT2D eigenvalue weighted by Crippen LogP contribution is 2.31. The number of fused-ring (bicyclic) bond motifs is 1. The molecule has 3 N–H and O–H groups in total. The highest BCUT2D eigenvalue weighted by molar-refractivity contribution is 6.04. The number of anilines is 2. The number of alkyl halides is 3. The second-order valence-corrected chi connectivity index (χ2v) is 7.90. The number of nitrogens with one attached hydrogen (secondary N) is 1. The Balaban J connectivity index is 0.00000205. The van der Waals surface area contributed by atoms with Crippen LogP contribution >= 0.6 is 0 Å². The molecule has 0 unspecified atom stereocenters. The number of imidazole rings is 1. The van der Waals surface area contributed by atoms with Crippen molar-refractivity contribution in [1.29, 1.82) is 0 Å². The van der Waals surface area contributed by atoms with E-state index in [0.29, 0.717) is 22.6 Å². The molecular formula is C27H22F3N7O2. The molecule has 0 spiro atoms. The first-order chi connectivity index (χ1) is 18.6. The van der Waals surface area contributed by atoms with Gasteiger partial charge in [-0.15, -0.1) is 12.8 Å². The number of terminal acetylenes is 1. The topological polar surface area (TPSA) is 119 Å². The average molecular weight is 534 g/mol. The lowest BCUT2D eigenvalue weighted by molar-refractivity contribution is -0.137. The molecule has 198 valence electrons. The molecule has 4 rings (SSSR count). The molecule has 0 bridgehead atoms. The van der Waals surface area contributed by atoms with Crippen LogP contribution in [0, 0.1) is 24.7 Å². The van der Waals surface area contributed by atoms with Gasteiger partial charge in [-0.25, -0.2) is 15.0 Å². The van der Waals surface area contributed by atoms with E-state index in [1.54, 1.807) is 36.7 Å². The minimum absolute atomic E-state index is 0.155. The number of halogens is 3. The van der Waals surface area contributed by atoms with Gasteiger partial charge in [0.1, 0.15) is 28.7 Å². The van der Waals surface area contributed by atoms with Gasteiger partial charge in [-0.1, -0.05) is 18.1 Å². The lowest BCUT2D eigenvalue weighted by atomic mass is 10.1. The van der Waals surface area contributed by atoms with Crippen LogP contribution in [0.3, 0.4) is 0 Å². The van der Waals surface area contributed by atoms with Gasteiger partial charge in [0.05, 0.1) is 12.1 Å². The van der Waals surface area contributed by atoms with Crippen LogP contribution in [0.2, 0.25) is 0 Å². The summed E-state index contributed by atoms with van der Waals surface area (Å²) < 4.78 is 40.5. The molecule has 3 aromatic heterocycles. The predicted octanol–water partition coefficient (Wildman–Crippen LogP) is 3.88. The Morgan fingerprint density at radius 2 is 1.82 bits per heavy atom. The Bertz CT molecular complexity index is 1600. The number of carbonyl (C=O) groups is 2. The lowest BCUT2D eigenvalue weighted by Crippen LogP contribution is -2.25. The number of nitrogens with two attached hydrogens (primary N) is 1. The first-order valence-corrected chi connectivity index (χ1v) is 11.2. The lowest BCUT2D eigenvalue weighted by Gasteiger charge is -2.12. The second kappa shape index (κ2) is 11.8. The zero-order chi connectivity index (χ0) is 28.7. The Morgan fingerprint density at radius 1 is 1.13 bits per heavy atom. The van der Waals surface area contributed by atoms with Gasteiger partial charge in [0.15, 0.2) is 0 Å². The van der Waals surface area contributed by atoms with Crippen LogP contribution in [0.4, 0.5) is 24.8 Å². The van der Waals surface area contributed by atoms with E-state index in [2.05, 4.69) is 45.0 Å². The maximum Gasteiger partial charge on any atom is 0.416 e. The predicted molar refractivity (Wildman–Crippen MR) is 140 cm³/mol. The van der Waals surface area contributed by atoms with Crippen molar-refractivity contribution in [2.24, 2.45) is 0 Å². The standard InChI is InChI=1S/C25H20F3N7O2.C2H2/c1-3-4-20(36)34(2)14-19-33-21(22-23(29)31-11-12-35(19)22)15-5-7-16(8-6-15)24(37)32-18-13-17(9-10-30-18)25(26,27)28;1-2/h5-13H,14H2,1-2H3,(H2,29,31)(H,30,32,37);1-2H. The van der Waals surface area contributed by atoms with Crippen LogP contribution in [0.25, 0.3) is 16.8 Å². The normalized spacial score (nSPS) is 10.5. The van der Waals surface area contributed by atoms with Crippen LogP contribution in [0.1, 0.15) is 28.7 Å². The van der Waals surface area contributed by atoms with Crippen molar-refractivity contribution in [3.05, 3.63) is 71.9 Å². The van der Waals surface area contributed by atoms with Gasteiger partial charge in [-0.3, -0.25) is 14.0 Å². The summed E-state index contributed by atoms with van der Waals surface area (Å²) in [6.07, 6.45) is 7.60. The quantitative estimate of drug-likeness (QED) is 0.376. The number of nitrogens with zero attached hydrogens (tertiary/aromatic N) is 5. The molecule has 2 amide bonds. The summed E-state index contributed by atoms with van der Waals surface area (Å²) in [6, 6.07) is 7.84. The summed E-state index contributed by atoms with van der Waals surface area (Å²) in [5.41, 5.74) is 7.01. The number of hydrogen-bond acceptors (Lipinski definition) is 6. The summed E-state index contributed by atoms with van der Waals surface area (Å²) in [4.78, 5) is 38.7. The van der Waals surface area contributed by atoms with Crippen molar-refractivity contribution in [3.8, 4) is 35.9 Å². The van der Waals surface area contributed by atoms with Gasteiger partial charge in [0.25, 0.3) is 11.8 Å². The van der Waals surface area contributed by atoms with E-state index >= 15 is 0 Å². The molecule has 0 atom stereocenters. The molecule has 0 aliphatic rings. The van der Waals surface area contributed by atoms with E-state index in [0.717, 1.165) is 18.3 Å². The summed E-state index contributed by atoms with van der Waals surface area (Å²) in [7, 11) is 1.60. The molecule has 0 aliphatic heterocycles. The molecular weight excluding hydrogens is 511 g/mol. The Hall–Kier alpha value is -5.36. The molecule has 0 aliphatic carbocycles. The fourth-order valence-corrected chi connectivity index (χ4v) is 3.57. The zero-order valence-corrected chi connectivity index (χ0v) is 20.8. The molecule has 0 fully saturated rings. The van der Waals surface area contributed by atoms with Gasteiger partial charge in [-0.05, 0) is 37.1 Å². The monoisotopic (exact) mass is 533 g/mol. The van der Waals surface area contributed by atoms with E-state index in [-0.39, 0.29) is 29.7 Å². The first-order valence-electron chi connectivity index (χ1n) is 11.2. The van der Waals surface area contributed by atoms with Crippen molar-refractivity contribution >= 4 is 29.0 Å². The number of rotatable bonds is 5. The number of carbonyl (C=O) groups excluding carboxylic acids is 2. The minimum Gasteiger partial charge on any atom is -0.382 e.